The van der Waals surface area contributed by atoms with Crippen LogP contribution < -0.4 is 5.32 Å². The van der Waals surface area contributed by atoms with Gasteiger partial charge >= 0.3 is 6.03 Å². The number of anilines is 1. The molecule has 0 aliphatic carbocycles. The van der Waals surface area contributed by atoms with E-state index >= 15 is 0 Å². The quantitative estimate of drug-likeness (QED) is 0.853. The summed E-state index contributed by atoms with van der Waals surface area (Å²) in [6.07, 6.45) is 0.868. The van der Waals surface area contributed by atoms with Crippen molar-refractivity contribution in [2.24, 2.45) is 0 Å². The Kier molecular flexibility index (Phi) is 4.09. The van der Waals surface area contributed by atoms with Crippen LogP contribution in [0.4, 0.5) is 10.5 Å². The highest BCUT2D eigenvalue weighted by atomic mass is 35.5. The Morgan fingerprint density at radius 3 is 2.84 bits per heavy atom. The van der Waals surface area contributed by atoms with E-state index in [1.54, 1.807) is 29.2 Å². The van der Waals surface area contributed by atoms with E-state index in [1.807, 2.05) is 17.0 Å². The second kappa shape index (κ2) is 6.41. The van der Waals surface area contributed by atoms with Crippen LogP contribution in [0.5, 0.6) is 0 Å². The second-order valence-electron chi connectivity index (χ2n) is 6.37. The molecule has 0 saturated carbocycles. The van der Waals surface area contributed by atoms with Crippen LogP contribution in [-0.4, -0.2) is 41.4 Å². The van der Waals surface area contributed by atoms with Crippen LogP contribution in [0.3, 0.4) is 0 Å². The van der Waals surface area contributed by atoms with Crippen molar-refractivity contribution in [1.82, 2.24) is 9.80 Å². The van der Waals surface area contributed by atoms with Crippen molar-refractivity contribution in [2.75, 3.05) is 25.0 Å². The fraction of sp³-hybridized carbons (Fsp3) is 0.263. The fourth-order valence-electron chi connectivity index (χ4n) is 3.60. The number of carbonyl (C=O) groups excluding carboxylic acids is 2. The lowest BCUT2D eigenvalue weighted by Crippen LogP contribution is -2.56. The van der Waals surface area contributed by atoms with Gasteiger partial charge in [0.25, 0.3) is 0 Å². The summed E-state index contributed by atoms with van der Waals surface area (Å²) in [6.45, 7) is 1.31. The van der Waals surface area contributed by atoms with E-state index in [4.69, 9.17) is 11.6 Å². The zero-order chi connectivity index (χ0) is 17.4. The van der Waals surface area contributed by atoms with Crippen LogP contribution in [0.15, 0.2) is 48.5 Å². The number of fused-ring (bicyclic) bond motifs is 3. The Balaban J connectivity index is 1.55. The Labute approximate surface area is 151 Å². The SMILES string of the molecule is O=C(Nc1cccc(Cl)c1)N1CC(=O)N2CCc3ccccc3[C@H]2C1. The van der Waals surface area contributed by atoms with Crippen molar-refractivity contribution >= 4 is 29.2 Å². The maximum Gasteiger partial charge on any atom is 0.322 e. The minimum absolute atomic E-state index is 0.00741. The number of hydrogen-bond acceptors (Lipinski definition) is 2. The number of nitrogens with one attached hydrogen (secondary N) is 1. The summed E-state index contributed by atoms with van der Waals surface area (Å²) < 4.78 is 0. The molecule has 2 aliphatic heterocycles. The fourth-order valence-corrected chi connectivity index (χ4v) is 3.79. The summed E-state index contributed by atoms with van der Waals surface area (Å²) in [4.78, 5) is 28.6. The second-order valence-corrected chi connectivity index (χ2v) is 6.81. The van der Waals surface area contributed by atoms with Gasteiger partial charge in [-0.05, 0) is 35.7 Å². The minimum atomic E-state index is -0.279. The molecule has 3 amide bonds. The Morgan fingerprint density at radius 1 is 1.16 bits per heavy atom. The third-order valence-corrected chi connectivity index (χ3v) is 5.05. The van der Waals surface area contributed by atoms with E-state index in [-0.39, 0.29) is 24.5 Å². The van der Waals surface area contributed by atoms with Crippen molar-refractivity contribution in [3.63, 3.8) is 0 Å². The van der Waals surface area contributed by atoms with Crippen molar-refractivity contribution in [3.8, 4) is 0 Å². The molecular weight excluding hydrogens is 338 g/mol. The summed E-state index contributed by atoms with van der Waals surface area (Å²) in [7, 11) is 0. The monoisotopic (exact) mass is 355 g/mol. The van der Waals surface area contributed by atoms with E-state index in [0.29, 0.717) is 23.8 Å². The number of amides is 3. The number of hydrogen-bond donors (Lipinski definition) is 1. The molecule has 6 heteroatoms. The lowest BCUT2D eigenvalue weighted by atomic mass is 9.91. The highest BCUT2D eigenvalue weighted by molar-refractivity contribution is 6.30. The molecule has 0 aromatic heterocycles. The van der Waals surface area contributed by atoms with Crippen molar-refractivity contribution in [1.29, 1.82) is 0 Å². The number of piperazine rings is 1. The summed E-state index contributed by atoms with van der Waals surface area (Å²) in [6, 6.07) is 14.8. The molecule has 128 valence electrons. The van der Waals surface area contributed by atoms with E-state index in [9.17, 15) is 9.59 Å². The first-order valence-electron chi connectivity index (χ1n) is 8.30. The molecule has 0 spiro atoms. The topological polar surface area (TPSA) is 52.7 Å². The summed E-state index contributed by atoms with van der Waals surface area (Å²) in [5.74, 6) is -0.00741. The first-order chi connectivity index (χ1) is 12.1. The molecule has 1 N–H and O–H groups in total. The van der Waals surface area contributed by atoms with Crippen LogP contribution in [0.25, 0.3) is 0 Å². The highest BCUT2D eigenvalue weighted by Gasteiger charge is 2.38. The van der Waals surface area contributed by atoms with Crippen LogP contribution in [0.2, 0.25) is 5.02 Å². The molecule has 4 rings (SSSR count). The van der Waals surface area contributed by atoms with Gasteiger partial charge < -0.3 is 15.1 Å². The number of carbonyl (C=O) groups is 2. The number of urea groups is 1. The number of nitrogens with zero attached hydrogens (tertiary/aromatic N) is 2. The molecule has 1 fully saturated rings. The average Bonchev–Trinajstić information content (AvgIpc) is 2.61. The van der Waals surface area contributed by atoms with Gasteiger partial charge in [-0.2, -0.15) is 0 Å². The number of benzene rings is 2. The predicted octanol–water partition coefficient (Wildman–Crippen LogP) is 3.31. The van der Waals surface area contributed by atoms with Gasteiger partial charge in [-0.15, -0.1) is 0 Å². The smallest absolute Gasteiger partial charge is 0.322 e. The van der Waals surface area contributed by atoms with Crippen molar-refractivity contribution in [2.45, 2.75) is 12.5 Å². The van der Waals surface area contributed by atoms with Gasteiger partial charge in [0.15, 0.2) is 0 Å². The summed E-state index contributed by atoms with van der Waals surface area (Å²) in [5.41, 5.74) is 3.02. The van der Waals surface area contributed by atoms with E-state index in [2.05, 4.69) is 17.4 Å². The Hall–Kier alpha value is -2.53. The first-order valence-corrected chi connectivity index (χ1v) is 8.68. The standard InChI is InChI=1S/C19H18ClN3O2/c20-14-5-3-6-15(10-14)21-19(25)22-11-17-16-7-2-1-4-13(16)8-9-23(17)18(24)12-22/h1-7,10,17H,8-9,11-12H2,(H,21,25)/t17-/m1/s1. The van der Waals surface area contributed by atoms with E-state index in [0.717, 1.165) is 12.0 Å². The zero-order valence-corrected chi connectivity index (χ0v) is 14.4. The van der Waals surface area contributed by atoms with Gasteiger partial charge in [-0.3, -0.25) is 4.79 Å². The molecule has 2 heterocycles. The lowest BCUT2D eigenvalue weighted by Gasteiger charge is -2.44. The third-order valence-electron chi connectivity index (χ3n) is 4.82. The first kappa shape index (κ1) is 16.0. The van der Waals surface area contributed by atoms with Gasteiger partial charge in [-0.1, -0.05) is 41.9 Å². The van der Waals surface area contributed by atoms with E-state index < -0.39 is 0 Å². The summed E-state index contributed by atoms with van der Waals surface area (Å²) in [5, 5.41) is 3.38. The zero-order valence-electron chi connectivity index (χ0n) is 13.6. The van der Waals surface area contributed by atoms with E-state index in [1.165, 1.54) is 5.56 Å². The maximum absolute atomic E-state index is 12.6. The Bertz CT molecular complexity index is 839. The maximum atomic E-state index is 12.6. The molecular formula is C19H18ClN3O2. The molecule has 0 unspecified atom stereocenters. The molecule has 25 heavy (non-hydrogen) atoms. The highest BCUT2D eigenvalue weighted by Crippen LogP contribution is 2.33. The molecule has 5 nitrogen and oxygen atoms in total. The molecule has 1 atom stereocenters. The van der Waals surface area contributed by atoms with Gasteiger partial charge in [0, 0.05) is 23.8 Å². The average molecular weight is 356 g/mol. The molecule has 0 bridgehead atoms. The van der Waals surface area contributed by atoms with Crippen molar-refractivity contribution < 1.29 is 9.59 Å². The van der Waals surface area contributed by atoms with Crippen LogP contribution in [-0.2, 0) is 11.2 Å². The van der Waals surface area contributed by atoms with Gasteiger partial charge in [-0.25, -0.2) is 4.79 Å². The van der Waals surface area contributed by atoms with Crippen LogP contribution in [0.1, 0.15) is 17.2 Å². The van der Waals surface area contributed by atoms with Gasteiger partial charge in [0.2, 0.25) is 5.91 Å². The van der Waals surface area contributed by atoms with Gasteiger partial charge in [0.05, 0.1) is 6.04 Å². The molecule has 0 radical (unpaired) electrons. The molecule has 2 aliphatic rings. The molecule has 1 saturated heterocycles. The normalized spacial score (nSPS) is 19.2. The molecule has 2 aromatic carbocycles. The predicted molar refractivity (Wildman–Crippen MR) is 96.6 cm³/mol. The Morgan fingerprint density at radius 2 is 2.00 bits per heavy atom. The molecule has 2 aromatic rings. The van der Waals surface area contributed by atoms with Gasteiger partial charge in [0.1, 0.15) is 6.54 Å². The minimum Gasteiger partial charge on any atom is -0.332 e. The van der Waals surface area contributed by atoms with Crippen molar-refractivity contribution in [3.05, 3.63) is 64.7 Å². The summed E-state index contributed by atoms with van der Waals surface area (Å²) >= 11 is 5.96. The van der Waals surface area contributed by atoms with Crippen LogP contribution >= 0.6 is 11.6 Å². The lowest BCUT2D eigenvalue weighted by molar-refractivity contribution is -0.139. The number of rotatable bonds is 1. The largest absolute Gasteiger partial charge is 0.332 e. The number of halogens is 1. The third kappa shape index (κ3) is 3.07. The van der Waals surface area contributed by atoms with Crippen LogP contribution in [0, 0.1) is 0 Å².